The van der Waals surface area contributed by atoms with Crippen molar-refractivity contribution in [1.29, 1.82) is 0 Å². The van der Waals surface area contributed by atoms with Crippen molar-refractivity contribution in [3.8, 4) is 0 Å². The molecule has 3 aliphatic rings. The maximum absolute atomic E-state index is 12.7. The zero-order valence-corrected chi connectivity index (χ0v) is 14.6. The van der Waals surface area contributed by atoms with Gasteiger partial charge in [0.25, 0.3) is 5.91 Å². The van der Waals surface area contributed by atoms with Crippen molar-refractivity contribution < 1.29 is 14.3 Å². The number of carbonyl (C=O) groups is 2. The molecule has 134 valence electrons. The number of ether oxygens (including phenoxy) is 1. The second kappa shape index (κ2) is 6.42. The normalized spacial score (nSPS) is 30.6. The molecule has 6 nitrogen and oxygen atoms in total. The van der Waals surface area contributed by atoms with Crippen LogP contribution in [0, 0.1) is 5.92 Å². The Labute approximate surface area is 148 Å². The van der Waals surface area contributed by atoms with Gasteiger partial charge in [-0.25, -0.2) is 4.79 Å². The Morgan fingerprint density at radius 1 is 1.24 bits per heavy atom. The summed E-state index contributed by atoms with van der Waals surface area (Å²) >= 11 is 0. The van der Waals surface area contributed by atoms with Gasteiger partial charge in [0.2, 0.25) is 0 Å². The number of benzene rings is 1. The number of carbonyl (C=O) groups excluding carboxylic acids is 2. The predicted molar refractivity (Wildman–Crippen MR) is 92.8 cm³/mol. The van der Waals surface area contributed by atoms with Crippen molar-refractivity contribution in [2.24, 2.45) is 5.92 Å². The molecular formula is C19H25N3O3. The minimum Gasteiger partial charge on any atom is -0.374 e. The van der Waals surface area contributed by atoms with Crippen LogP contribution in [0.1, 0.15) is 25.3 Å². The van der Waals surface area contributed by atoms with Gasteiger partial charge in [-0.3, -0.25) is 14.6 Å². The van der Waals surface area contributed by atoms with Gasteiger partial charge in [-0.2, -0.15) is 0 Å². The SMILES string of the molecule is C[C@]1(C2CC2)NC(=O)N(C[C@H]2CN(Cc3ccccc3)CCO2)C1=O. The fourth-order valence-electron chi connectivity index (χ4n) is 3.90. The molecule has 2 atom stereocenters. The molecule has 2 aliphatic heterocycles. The monoisotopic (exact) mass is 343 g/mol. The number of morpholine rings is 1. The van der Waals surface area contributed by atoms with E-state index in [1.807, 2.05) is 25.1 Å². The summed E-state index contributed by atoms with van der Waals surface area (Å²) in [5.41, 5.74) is 0.551. The van der Waals surface area contributed by atoms with Crippen LogP contribution in [0.2, 0.25) is 0 Å². The zero-order chi connectivity index (χ0) is 17.4. The van der Waals surface area contributed by atoms with Gasteiger partial charge >= 0.3 is 6.03 Å². The Balaban J connectivity index is 1.37. The first kappa shape index (κ1) is 16.5. The Morgan fingerprint density at radius 2 is 2.00 bits per heavy atom. The first-order chi connectivity index (χ1) is 12.1. The average molecular weight is 343 g/mol. The quantitative estimate of drug-likeness (QED) is 0.825. The van der Waals surface area contributed by atoms with Gasteiger partial charge in [-0.05, 0) is 31.2 Å². The van der Waals surface area contributed by atoms with Gasteiger partial charge < -0.3 is 10.1 Å². The lowest BCUT2D eigenvalue weighted by Crippen LogP contribution is -2.50. The van der Waals surface area contributed by atoms with Crippen molar-refractivity contribution >= 4 is 11.9 Å². The topological polar surface area (TPSA) is 61.9 Å². The first-order valence-corrected chi connectivity index (χ1v) is 9.08. The summed E-state index contributed by atoms with van der Waals surface area (Å²) in [4.78, 5) is 28.7. The number of nitrogens with one attached hydrogen (secondary N) is 1. The molecular weight excluding hydrogens is 318 g/mol. The lowest BCUT2D eigenvalue weighted by Gasteiger charge is -2.34. The van der Waals surface area contributed by atoms with E-state index in [2.05, 4.69) is 22.3 Å². The molecule has 4 rings (SSSR count). The smallest absolute Gasteiger partial charge is 0.325 e. The van der Waals surface area contributed by atoms with Crippen LogP contribution in [-0.4, -0.2) is 59.6 Å². The van der Waals surface area contributed by atoms with E-state index in [0.29, 0.717) is 13.2 Å². The number of nitrogens with zero attached hydrogens (tertiary/aromatic N) is 2. The van der Waals surface area contributed by atoms with Gasteiger partial charge in [-0.1, -0.05) is 30.3 Å². The van der Waals surface area contributed by atoms with Gasteiger partial charge in [-0.15, -0.1) is 0 Å². The molecule has 0 aromatic heterocycles. The van der Waals surface area contributed by atoms with Crippen LogP contribution in [0.15, 0.2) is 30.3 Å². The molecule has 0 unspecified atom stereocenters. The molecule has 0 radical (unpaired) electrons. The average Bonchev–Trinajstić information content (AvgIpc) is 3.43. The van der Waals surface area contributed by atoms with Crippen LogP contribution >= 0.6 is 0 Å². The summed E-state index contributed by atoms with van der Waals surface area (Å²) in [5.74, 6) is 0.194. The maximum atomic E-state index is 12.7. The van der Waals surface area contributed by atoms with Gasteiger partial charge in [0, 0.05) is 19.6 Å². The molecule has 25 heavy (non-hydrogen) atoms. The van der Waals surface area contributed by atoms with Crippen molar-refractivity contribution in [2.45, 2.75) is 38.0 Å². The number of urea groups is 1. The summed E-state index contributed by atoms with van der Waals surface area (Å²) in [6.07, 6.45) is 1.90. The van der Waals surface area contributed by atoms with E-state index in [4.69, 9.17) is 4.74 Å². The molecule has 2 heterocycles. The summed E-state index contributed by atoms with van der Waals surface area (Å²) in [5, 5.41) is 2.90. The van der Waals surface area contributed by atoms with Gasteiger partial charge in [0.05, 0.1) is 19.3 Å². The summed E-state index contributed by atoms with van der Waals surface area (Å²) < 4.78 is 5.83. The molecule has 2 saturated heterocycles. The van der Waals surface area contributed by atoms with Crippen LogP contribution in [0.3, 0.4) is 0 Å². The largest absolute Gasteiger partial charge is 0.374 e. The van der Waals surface area contributed by atoms with Gasteiger partial charge in [0.15, 0.2) is 0 Å². The van der Waals surface area contributed by atoms with E-state index in [1.54, 1.807) is 0 Å². The molecule has 0 spiro atoms. The Kier molecular flexibility index (Phi) is 4.25. The molecule has 1 N–H and O–H groups in total. The number of imide groups is 1. The van der Waals surface area contributed by atoms with Crippen LogP contribution in [0.4, 0.5) is 4.79 Å². The molecule has 1 aromatic carbocycles. The second-order valence-electron chi connectivity index (χ2n) is 7.54. The van der Waals surface area contributed by atoms with Crippen molar-refractivity contribution in [2.75, 3.05) is 26.2 Å². The Hall–Kier alpha value is -1.92. The number of rotatable bonds is 5. The standard InChI is InChI=1S/C19H25N3O3/c1-19(15-7-8-15)17(23)22(18(24)20-19)13-16-12-21(9-10-25-16)11-14-5-3-2-4-6-14/h2-6,15-16H,7-13H2,1H3,(H,20,24)/t16-,19-/m1/s1. The van der Waals surface area contributed by atoms with E-state index in [-0.39, 0.29) is 24.0 Å². The van der Waals surface area contributed by atoms with Gasteiger partial charge in [0.1, 0.15) is 5.54 Å². The van der Waals surface area contributed by atoms with Crippen LogP contribution in [-0.2, 0) is 16.1 Å². The molecule has 1 aromatic rings. The molecule has 3 amide bonds. The zero-order valence-electron chi connectivity index (χ0n) is 14.6. The Morgan fingerprint density at radius 3 is 2.72 bits per heavy atom. The highest BCUT2D eigenvalue weighted by molar-refractivity contribution is 6.07. The van der Waals surface area contributed by atoms with E-state index in [1.165, 1.54) is 10.5 Å². The highest BCUT2D eigenvalue weighted by Gasteiger charge is 2.56. The molecule has 0 bridgehead atoms. The maximum Gasteiger partial charge on any atom is 0.325 e. The summed E-state index contributed by atoms with van der Waals surface area (Å²) in [6.45, 7) is 5.27. The van der Waals surface area contributed by atoms with Crippen molar-refractivity contribution in [3.05, 3.63) is 35.9 Å². The summed E-state index contributed by atoms with van der Waals surface area (Å²) in [6, 6.07) is 10.0. The highest BCUT2D eigenvalue weighted by atomic mass is 16.5. The third-order valence-corrected chi connectivity index (χ3v) is 5.55. The third kappa shape index (κ3) is 3.28. The molecule has 1 saturated carbocycles. The van der Waals surface area contributed by atoms with Crippen molar-refractivity contribution in [3.63, 3.8) is 0 Å². The Bertz CT molecular complexity index is 661. The number of hydrogen-bond acceptors (Lipinski definition) is 4. The molecule has 6 heteroatoms. The van der Waals surface area contributed by atoms with E-state index in [9.17, 15) is 9.59 Å². The molecule has 3 fully saturated rings. The van der Waals surface area contributed by atoms with Crippen LogP contribution < -0.4 is 5.32 Å². The predicted octanol–water partition coefficient (Wildman–Crippen LogP) is 1.61. The van der Waals surface area contributed by atoms with E-state index in [0.717, 1.165) is 32.5 Å². The second-order valence-corrected chi connectivity index (χ2v) is 7.54. The summed E-state index contributed by atoms with van der Waals surface area (Å²) in [7, 11) is 0. The van der Waals surface area contributed by atoms with E-state index < -0.39 is 5.54 Å². The fourth-order valence-corrected chi connectivity index (χ4v) is 3.90. The van der Waals surface area contributed by atoms with Crippen LogP contribution in [0.5, 0.6) is 0 Å². The lowest BCUT2D eigenvalue weighted by molar-refractivity contribution is -0.133. The third-order valence-electron chi connectivity index (χ3n) is 5.55. The number of hydrogen-bond donors (Lipinski definition) is 1. The fraction of sp³-hybridized carbons (Fsp3) is 0.579. The minimum atomic E-state index is -0.713. The molecule has 1 aliphatic carbocycles. The van der Waals surface area contributed by atoms with E-state index >= 15 is 0 Å². The van der Waals surface area contributed by atoms with Crippen LogP contribution in [0.25, 0.3) is 0 Å². The minimum absolute atomic E-state index is 0.0937. The number of amides is 3. The highest BCUT2D eigenvalue weighted by Crippen LogP contribution is 2.42. The lowest BCUT2D eigenvalue weighted by atomic mass is 9.96. The van der Waals surface area contributed by atoms with Crippen molar-refractivity contribution in [1.82, 2.24) is 15.1 Å². The first-order valence-electron chi connectivity index (χ1n) is 9.08.